The number of carbonyl (C=O) groups excluding carboxylic acids is 1. The van der Waals surface area contributed by atoms with Crippen molar-refractivity contribution in [2.75, 3.05) is 16.8 Å². The number of anilines is 2. The van der Waals surface area contributed by atoms with Gasteiger partial charge in [0, 0.05) is 34.9 Å². The number of pyridine rings is 1. The summed E-state index contributed by atoms with van der Waals surface area (Å²) in [5.41, 5.74) is 4.74. The molecular formula is C24H21N5O2. The molecule has 7 heteroatoms. The number of rotatable bonds is 5. The third kappa shape index (κ3) is 3.40. The monoisotopic (exact) mass is 411 g/mol. The van der Waals surface area contributed by atoms with Gasteiger partial charge in [-0.05, 0) is 55.5 Å². The summed E-state index contributed by atoms with van der Waals surface area (Å²) in [5.74, 6) is 0.682. The number of ether oxygens (including phenoxy) is 1. The molecule has 0 radical (unpaired) electrons. The summed E-state index contributed by atoms with van der Waals surface area (Å²) < 4.78 is 5.57. The zero-order valence-electron chi connectivity index (χ0n) is 16.9. The van der Waals surface area contributed by atoms with Gasteiger partial charge in [0.1, 0.15) is 11.9 Å². The number of benzene rings is 2. The molecule has 2 aromatic carbocycles. The quantitative estimate of drug-likeness (QED) is 0.500. The second-order valence-corrected chi connectivity index (χ2v) is 7.14. The number of aromatic amines is 1. The SMILES string of the molecule is CCOc1ccc(N2C(=O)c3ccccc3N[C@@H]2c2cn[nH]c2-c2cccnc2)cc1. The molecule has 2 N–H and O–H groups in total. The van der Waals surface area contributed by atoms with E-state index >= 15 is 0 Å². The molecule has 7 nitrogen and oxygen atoms in total. The summed E-state index contributed by atoms with van der Waals surface area (Å²) in [6, 6.07) is 18.9. The number of para-hydroxylation sites is 1. The Labute approximate surface area is 179 Å². The van der Waals surface area contributed by atoms with Gasteiger partial charge in [-0.1, -0.05) is 12.1 Å². The van der Waals surface area contributed by atoms with Crippen molar-refractivity contribution in [1.29, 1.82) is 0 Å². The Morgan fingerprint density at radius 3 is 2.65 bits per heavy atom. The average molecular weight is 411 g/mol. The molecule has 2 aromatic heterocycles. The molecule has 0 unspecified atom stereocenters. The number of nitrogens with zero attached hydrogens (tertiary/aromatic N) is 3. The number of fused-ring (bicyclic) bond motifs is 1. The van der Waals surface area contributed by atoms with Crippen molar-refractivity contribution in [3.63, 3.8) is 0 Å². The lowest BCUT2D eigenvalue weighted by Gasteiger charge is -2.38. The lowest BCUT2D eigenvalue weighted by molar-refractivity contribution is 0.0975. The summed E-state index contributed by atoms with van der Waals surface area (Å²) in [6.07, 6.45) is 4.80. The molecule has 1 aliphatic rings. The summed E-state index contributed by atoms with van der Waals surface area (Å²) in [6.45, 7) is 2.53. The summed E-state index contributed by atoms with van der Waals surface area (Å²) >= 11 is 0. The predicted octanol–water partition coefficient (Wildman–Crippen LogP) is 4.64. The van der Waals surface area contributed by atoms with Gasteiger partial charge in [0.2, 0.25) is 0 Å². The highest BCUT2D eigenvalue weighted by Gasteiger charge is 2.36. The number of hydrogen-bond acceptors (Lipinski definition) is 5. The molecule has 0 saturated heterocycles. The first-order valence-corrected chi connectivity index (χ1v) is 10.1. The normalized spacial score (nSPS) is 15.3. The summed E-state index contributed by atoms with van der Waals surface area (Å²) in [4.78, 5) is 19.6. The van der Waals surface area contributed by atoms with E-state index in [4.69, 9.17) is 4.74 Å². The molecule has 5 rings (SSSR count). The minimum atomic E-state index is -0.450. The molecule has 154 valence electrons. The fourth-order valence-electron chi connectivity index (χ4n) is 3.85. The Hall–Kier alpha value is -4.13. The zero-order valence-corrected chi connectivity index (χ0v) is 16.9. The van der Waals surface area contributed by atoms with E-state index in [1.807, 2.05) is 67.6 Å². The molecule has 1 aliphatic heterocycles. The van der Waals surface area contributed by atoms with Gasteiger partial charge >= 0.3 is 0 Å². The van der Waals surface area contributed by atoms with E-state index in [0.29, 0.717) is 12.2 Å². The standard InChI is InChI=1S/C24H21N5O2/c1-2-31-18-11-9-17(10-12-18)29-23(27-21-8-4-3-7-19(21)24(29)30)20-15-26-28-22(20)16-6-5-13-25-14-16/h3-15,23,27H,2H2,1H3,(H,26,28)/t23-/m0/s1. The van der Waals surface area contributed by atoms with Crippen molar-refractivity contribution in [1.82, 2.24) is 15.2 Å². The minimum Gasteiger partial charge on any atom is -0.494 e. The molecule has 0 aliphatic carbocycles. The van der Waals surface area contributed by atoms with Gasteiger partial charge in [0.15, 0.2) is 0 Å². The third-order valence-electron chi connectivity index (χ3n) is 5.27. The van der Waals surface area contributed by atoms with Gasteiger partial charge < -0.3 is 10.1 Å². The lowest BCUT2D eigenvalue weighted by atomic mass is 10.0. The Morgan fingerprint density at radius 2 is 1.87 bits per heavy atom. The highest BCUT2D eigenvalue weighted by molar-refractivity contribution is 6.12. The average Bonchev–Trinajstić information content (AvgIpc) is 3.30. The second-order valence-electron chi connectivity index (χ2n) is 7.14. The van der Waals surface area contributed by atoms with Crippen molar-refractivity contribution < 1.29 is 9.53 Å². The van der Waals surface area contributed by atoms with Crippen molar-refractivity contribution >= 4 is 17.3 Å². The van der Waals surface area contributed by atoms with Gasteiger partial charge in [-0.2, -0.15) is 5.10 Å². The van der Waals surface area contributed by atoms with Crippen LogP contribution in [0, 0.1) is 0 Å². The zero-order chi connectivity index (χ0) is 21.2. The molecule has 0 fully saturated rings. The first-order chi connectivity index (χ1) is 15.3. The first-order valence-electron chi connectivity index (χ1n) is 10.1. The molecule has 0 spiro atoms. The summed E-state index contributed by atoms with van der Waals surface area (Å²) in [7, 11) is 0. The van der Waals surface area contributed by atoms with E-state index in [-0.39, 0.29) is 5.91 Å². The Balaban J connectivity index is 1.62. The van der Waals surface area contributed by atoms with E-state index in [2.05, 4.69) is 20.5 Å². The van der Waals surface area contributed by atoms with E-state index in [0.717, 1.165) is 33.9 Å². The maximum atomic E-state index is 13.6. The van der Waals surface area contributed by atoms with Crippen LogP contribution in [0.2, 0.25) is 0 Å². The number of amides is 1. The van der Waals surface area contributed by atoms with Crippen LogP contribution >= 0.6 is 0 Å². The number of hydrogen-bond donors (Lipinski definition) is 2. The lowest BCUT2D eigenvalue weighted by Crippen LogP contribution is -2.43. The van der Waals surface area contributed by atoms with E-state index < -0.39 is 6.17 Å². The number of nitrogens with one attached hydrogen (secondary N) is 2. The molecule has 1 amide bonds. The number of carbonyl (C=O) groups is 1. The van der Waals surface area contributed by atoms with E-state index in [1.54, 1.807) is 23.5 Å². The minimum absolute atomic E-state index is 0.0816. The highest BCUT2D eigenvalue weighted by atomic mass is 16.5. The Morgan fingerprint density at radius 1 is 1.03 bits per heavy atom. The smallest absolute Gasteiger partial charge is 0.262 e. The van der Waals surface area contributed by atoms with Crippen LogP contribution in [-0.2, 0) is 0 Å². The third-order valence-corrected chi connectivity index (χ3v) is 5.27. The molecule has 0 saturated carbocycles. The van der Waals surface area contributed by atoms with E-state index in [1.165, 1.54) is 0 Å². The Kier molecular flexibility index (Phi) is 4.84. The van der Waals surface area contributed by atoms with Crippen molar-refractivity contribution in [3.8, 4) is 17.0 Å². The first kappa shape index (κ1) is 18.9. The number of H-pyrrole nitrogens is 1. The van der Waals surface area contributed by atoms with Gasteiger partial charge in [0.25, 0.3) is 5.91 Å². The van der Waals surface area contributed by atoms with Crippen LogP contribution < -0.4 is 15.0 Å². The van der Waals surface area contributed by atoms with Gasteiger partial charge in [-0.15, -0.1) is 0 Å². The molecule has 31 heavy (non-hydrogen) atoms. The fourth-order valence-corrected chi connectivity index (χ4v) is 3.85. The summed E-state index contributed by atoms with van der Waals surface area (Å²) in [5, 5.41) is 10.9. The van der Waals surface area contributed by atoms with Crippen LogP contribution in [0.3, 0.4) is 0 Å². The van der Waals surface area contributed by atoms with Crippen LogP contribution in [0.1, 0.15) is 29.0 Å². The Bertz CT molecular complexity index is 1200. The maximum absolute atomic E-state index is 13.6. The molecule has 1 atom stereocenters. The topological polar surface area (TPSA) is 83.1 Å². The molecule has 0 bridgehead atoms. The maximum Gasteiger partial charge on any atom is 0.262 e. The van der Waals surface area contributed by atoms with Crippen molar-refractivity contribution in [2.45, 2.75) is 13.1 Å². The van der Waals surface area contributed by atoms with Crippen LogP contribution in [-0.4, -0.2) is 27.7 Å². The van der Waals surface area contributed by atoms with Gasteiger partial charge in [0.05, 0.1) is 24.1 Å². The molecule has 3 heterocycles. The van der Waals surface area contributed by atoms with Crippen LogP contribution in [0.4, 0.5) is 11.4 Å². The highest BCUT2D eigenvalue weighted by Crippen LogP contribution is 2.39. The van der Waals surface area contributed by atoms with Crippen LogP contribution in [0.25, 0.3) is 11.3 Å². The molecular weight excluding hydrogens is 390 g/mol. The van der Waals surface area contributed by atoms with Gasteiger partial charge in [-0.3, -0.25) is 19.8 Å². The fraction of sp³-hybridized carbons (Fsp3) is 0.125. The molecule has 4 aromatic rings. The van der Waals surface area contributed by atoms with Gasteiger partial charge in [-0.25, -0.2) is 0 Å². The van der Waals surface area contributed by atoms with Crippen LogP contribution in [0.15, 0.2) is 79.3 Å². The largest absolute Gasteiger partial charge is 0.494 e. The van der Waals surface area contributed by atoms with E-state index in [9.17, 15) is 4.79 Å². The predicted molar refractivity (Wildman–Crippen MR) is 119 cm³/mol. The second kappa shape index (κ2) is 7.95. The van der Waals surface area contributed by atoms with Crippen molar-refractivity contribution in [3.05, 3.63) is 90.4 Å². The van der Waals surface area contributed by atoms with Crippen LogP contribution in [0.5, 0.6) is 5.75 Å². The van der Waals surface area contributed by atoms with Crippen molar-refractivity contribution in [2.24, 2.45) is 0 Å². The number of aromatic nitrogens is 3.